The molecule has 0 aromatic heterocycles. The maximum atomic E-state index is 10.2. The largest absolute Gasteiger partial charge is 0.240 e. The van der Waals surface area contributed by atoms with Crippen LogP contribution in [0.1, 0.15) is 5.56 Å². The van der Waals surface area contributed by atoms with E-state index in [0.717, 1.165) is 11.1 Å². The van der Waals surface area contributed by atoms with Crippen molar-refractivity contribution >= 4 is 11.8 Å². The molecule has 0 N–H and O–H groups in total. The van der Waals surface area contributed by atoms with Gasteiger partial charge in [0.15, 0.2) is 0 Å². The number of rotatable bonds is 2. The number of aryl methyl sites for hydroxylation is 1. The predicted molar refractivity (Wildman–Crippen MR) is 64.4 cm³/mol. The number of nitrogens with zero attached hydrogens (tertiary/aromatic N) is 1. The van der Waals surface area contributed by atoms with Gasteiger partial charge in [-0.05, 0) is 35.7 Å². The number of benzene rings is 2. The standard InChI is InChI=1S/C14H11NO/c1-11-5-2-3-8-14(11)12-6-4-7-13(9-12)15-10-16/h2-9H,1H3. The highest BCUT2D eigenvalue weighted by atomic mass is 16.1. The van der Waals surface area contributed by atoms with Crippen molar-refractivity contribution in [1.82, 2.24) is 0 Å². The molecule has 0 unspecified atom stereocenters. The number of isocyanates is 1. The number of carbonyl (C=O) groups excluding carboxylic acids is 1. The van der Waals surface area contributed by atoms with Crippen LogP contribution in [0.5, 0.6) is 0 Å². The molecule has 2 nitrogen and oxygen atoms in total. The van der Waals surface area contributed by atoms with E-state index >= 15 is 0 Å². The normalized spacial score (nSPS) is 9.56. The minimum absolute atomic E-state index is 0.635. The molecule has 0 aliphatic rings. The average Bonchev–Trinajstić information content (AvgIpc) is 2.30. The summed E-state index contributed by atoms with van der Waals surface area (Å²) in [5, 5.41) is 0. The number of hydrogen-bond donors (Lipinski definition) is 0. The van der Waals surface area contributed by atoms with Gasteiger partial charge in [-0.15, -0.1) is 0 Å². The lowest BCUT2D eigenvalue weighted by atomic mass is 10.0. The Labute approximate surface area is 94.3 Å². The van der Waals surface area contributed by atoms with Gasteiger partial charge in [0.1, 0.15) is 0 Å². The van der Waals surface area contributed by atoms with Crippen molar-refractivity contribution in [1.29, 1.82) is 0 Å². The lowest BCUT2D eigenvalue weighted by molar-refractivity contribution is 0.565. The fraction of sp³-hybridized carbons (Fsp3) is 0.0714. The maximum absolute atomic E-state index is 10.2. The minimum atomic E-state index is 0.635. The number of aliphatic imine (C=N–C) groups is 1. The van der Waals surface area contributed by atoms with Crippen molar-refractivity contribution in [2.75, 3.05) is 0 Å². The summed E-state index contributed by atoms with van der Waals surface area (Å²) < 4.78 is 0. The fourth-order valence-corrected chi connectivity index (χ4v) is 1.69. The highest BCUT2D eigenvalue weighted by Gasteiger charge is 2.01. The van der Waals surface area contributed by atoms with Gasteiger partial charge in [0.25, 0.3) is 0 Å². The average molecular weight is 209 g/mol. The molecule has 2 aromatic rings. The van der Waals surface area contributed by atoms with E-state index in [4.69, 9.17) is 0 Å². The molecule has 0 saturated carbocycles. The van der Waals surface area contributed by atoms with E-state index in [0.29, 0.717) is 5.69 Å². The van der Waals surface area contributed by atoms with Gasteiger partial charge in [0.2, 0.25) is 6.08 Å². The van der Waals surface area contributed by atoms with Gasteiger partial charge in [-0.2, -0.15) is 4.99 Å². The first-order valence-corrected chi connectivity index (χ1v) is 5.05. The van der Waals surface area contributed by atoms with E-state index in [2.05, 4.69) is 24.0 Å². The van der Waals surface area contributed by atoms with E-state index in [9.17, 15) is 4.79 Å². The molecule has 0 heterocycles. The minimum Gasteiger partial charge on any atom is -0.211 e. The second-order valence-electron chi connectivity index (χ2n) is 3.57. The van der Waals surface area contributed by atoms with Crippen molar-refractivity contribution in [3.05, 3.63) is 54.1 Å². The zero-order chi connectivity index (χ0) is 11.4. The summed E-state index contributed by atoms with van der Waals surface area (Å²) >= 11 is 0. The molecule has 2 rings (SSSR count). The summed E-state index contributed by atoms with van der Waals surface area (Å²) in [4.78, 5) is 13.8. The van der Waals surface area contributed by atoms with E-state index in [1.165, 1.54) is 5.56 Å². The van der Waals surface area contributed by atoms with Gasteiger partial charge in [-0.3, -0.25) is 0 Å². The van der Waals surface area contributed by atoms with E-state index < -0.39 is 0 Å². The Bertz CT molecular complexity index is 554. The molecule has 16 heavy (non-hydrogen) atoms. The van der Waals surface area contributed by atoms with E-state index in [1.54, 1.807) is 12.1 Å². The smallest absolute Gasteiger partial charge is 0.211 e. The van der Waals surface area contributed by atoms with Gasteiger partial charge in [0.05, 0.1) is 5.69 Å². The lowest BCUT2D eigenvalue weighted by Gasteiger charge is -2.05. The Morgan fingerprint density at radius 1 is 1.06 bits per heavy atom. The van der Waals surface area contributed by atoms with Crippen LogP contribution in [-0.2, 0) is 4.79 Å². The van der Waals surface area contributed by atoms with Crippen molar-refractivity contribution in [3.8, 4) is 11.1 Å². The van der Waals surface area contributed by atoms with Crippen LogP contribution in [0.25, 0.3) is 11.1 Å². The summed E-state index contributed by atoms with van der Waals surface area (Å²) in [6.07, 6.45) is 1.55. The van der Waals surface area contributed by atoms with Crippen LogP contribution in [0.3, 0.4) is 0 Å². The van der Waals surface area contributed by atoms with E-state index in [1.807, 2.05) is 30.3 Å². The summed E-state index contributed by atoms with van der Waals surface area (Å²) in [7, 11) is 0. The molecule has 0 atom stereocenters. The molecule has 0 saturated heterocycles. The van der Waals surface area contributed by atoms with Crippen LogP contribution in [0.15, 0.2) is 53.5 Å². The predicted octanol–water partition coefficient (Wildman–Crippen LogP) is 3.63. The zero-order valence-corrected chi connectivity index (χ0v) is 8.97. The van der Waals surface area contributed by atoms with Crippen LogP contribution in [0.2, 0.25) is 0 Å². The number of hydrogen-bond acceptors (Lipinski definition) is 2. The first-order valence-electron chi connectivity index (χ1n) is 5.05. The van der Waals surface area contributed by atoms with Crippen molar-refractivity contribution in [3.63, 3.8) is 0 Å². The first kappa shape index (κ1) is 10.3. The monoisotopic (exact) mass is 209 g/mol. The molecule has 0 bridgehead atoms. The van der Waals surface area contributed by atoms with Crippen molar-refractivity contribution < 1.29 is 4.79 Å². The molecule has 0 aliphatic heterocycles. The second kappa shape index (κ2) is 4.56. The SMILES string of the molecule is Cc1ccccc1-c1cccc(N=C=O)c1. The van der Waals surface area contributed by atoms with Gasteiger partial charge >= 0.3 is 0 Å². The molecule has 78 valence electrons. The van der Waals surface area contributed by atoms with Gasteiger partial charge in [-0.25, -0.2) is 4.79 Å². The molecule has 0 amide bonds. The summed E-state index contributed by atoms with van der Waals surface area (Å²) in [5.74, 6) is 0. The van der Waals surface area contributed by atoms with Crippen LogP contribution in [0.4, 0.5) is 5.69 Å². The Hall–Kier alpha value is -2.18. The third kappa shape index (κ3) is 2.08. The summed E-state index contributed by atoms with van der Waals surface area (Å²) in [6, 6.07) is 15.7. The zero-order valence-electron chi connectivity index (χ0n) is 8.97. The molecule has 0 radical (unpaired) electrons. The molecular weight excluding hydrogens is 198 g/mol. The Kier molecular flexibility index (Phi) is 2.95. The molecular formula is C14H11NO. The van der Waals surface area contributed by atoms with Gasteiger partial charge in [-0.1, -0.05) is 36.4 Å². The molecule has 2 heteroatoms. The maximum Gasteiger partial charge on any atom is 0.240 e. The van der Waals surface area contributed by atoms with Gasteiger partial charge < -0.3 is 0 Å². The van der Waals surface area contributed by atoms with Crippen LogP contribution in [-0.4, -0.2) is 6.08 Å². The molecule has 0 fully saturated rings. The summed E-state index contributed by atoms with van der Waals surface area (Å²) in [5.41, 5.74) is 4.06. The van der Waals surface area contributed by atoms with Crippen molar-refractivity contribution in [2.24, 2.45) is 4.99 Å². The molecule has 2 aromatic carbocycles. The first-order chi connectivity index (χ1) is 7.81. The van der Waals surface area contributed by atoms with Gasteiger partial charge in [0, 0.05) is 0 Å². The Morgan fingerprint density at radius 2 is 1.88 bits per heavy atom. The highest BCUT2D eigenvalue weighted by Crippen LogP contribution is 2.26. The molecule has 0 aliphatic carbocycles. The topological polar surface area (TPSA) is 29.4 Å². The Balaban J connectivity index is 2.52. The van der Waals surface area contributed by atoms with Crippen LogP contribution >= 0.6 is 0 Å². The fourth-order valence-electron chi connectivity index (χ4n) is 1.69. The lowest BCUT2D eigenvalue weighted by Crippen LogP contribution is -1.81. The second-order valence-corrected chi connectivity index (χ2v) is 3.57. The third-order valence-corrected chi connectivity index (χ3v) is 2.48. The highest BCUT2D eigenvalue weighted by molar-refractivity contribution is 5.70. The summed E-state index contributed by atoms with van der Waals surface area (Å²) in [6.45, 7) is 2.06. The third-order valence-electron chi connectivity index (χ3n) is 2.48. The quantitative estimate of drug-likeness (QED) is 0.548. The van der Waals surface area contributed by atoms with Crippen LogP contribution in [0, 0.1) is 6.92 Å². The Morgan fingerprint density at radius 3 is 2.62 bits per heavy atom. The molecule has 0 spiro atoms. The van der Waals surface area contributed by atoms with E-state index in [-0.39, 0.29) is 0 Å². The van der Waals surface area contributed by atoms with Crippen molar-refractivity contribution in [2.45, 2.75) is 6.92 Å². The van der Waals surface area contributed by atoms with Crippen LogP contribution < -0.4 is 0 Å².